The van der Waals surface area contributed by atoms with Gasteiger partial charge in [0.05, 0.1) is 5.54 Å². The van der Waals surface area contributed by atoms with Gasteiger partial charge in [0, 0.05) is 18.2 Å². The van der Waals surface area contributed by atoms with Crippen LogP contribution in [0.5, 0.6) is 0 Å². The number of hydrogen-bond acceptors (Lipinski definition) is 2. The van der Waals surface area contributed by atoms with Gasteiger partial charge in [0.1, 0.15) is 0 Å². The monoisotopic (exact) mass is 324 g/mol. The second kappa shape index (κ2) is 6.87. The molecule has 0 radical (unpaired) electrons. The highest BCUT2D eigenvalue weighted by Crippen LogP contribution is 2.22. The summed E-state index contributed by atoms with van der Waals surface area (Å²) in [4.78, 5) is 25.9. The van der Waals surface area contributed by atoms with Crippen molar-refractivity contribution < 1.29 is 9.59 Å². The molecule has 0 aliphatic heterocycles. The van der Waals surface area contributed by atoms with E-state index in [1.54, 1.807) is 25.2 Å². The molecule has 0 aliphatic carbocycles. The van der Waals surface area contributed by atoms with Crippen LogP contribution in [0, 0.1) is 6.92 Å². The quantitative estimate of drug-likeness (QED) is 0.786. The zero-order valence-electron chi connectivity index (χ0n) is 14.9. The van der Waals surface area contributed by atoms with Gasteiger partial charge in [0.25, 0.3) is 11.8 Å². The molecule has 4 heteroatoms. The van der Waals surface area contributed by atoms with Crippen LogP contribution in [0.1, 0.15) is 47.1 Å². The van der Waals surface area contributed by atoms with Gasteiger partial charge in [0.15, 0.2) is 0 Å². The first-order chi connectivity index (χ1) is 11.2. The largest absolute Gasteiger partial charge is 0.273 e. The van der Waals surface area contributed by atoms with E-state index in [0.717, 1.165) is 5.56 Å². The van der Waals surface area contributed by atoms with Crippen LogP contribution in [0.3, 0.4) is 0 Å². The second-order valence-electron chi connectivity index (χ2n) is 6.80. The summed E-state index contributed by atoms with van der Waals surface area (Å²) in [5, 5.41) is 2.93. The summed E-state index contributed by atoms with van der Waals surface area (Å²) in [7, 11) is 1.64. The maximum Gasteiger partial charge on any atom is 0.273 e. The minimum absolute atomic E-state index is 0.188. The van der Waals surface area contributed by atoms with Crippen LogP contribution in [-0.2, 0) is 0 Å². The van der Waals surface area contributed by atoms with Crippen molar-refractivity contribution >= 4 is 11.8 Å². The Kier molecular flexibility index (Phi) is 5.07. The number of amides is 2. The van der Waals surface area contributed by atoms with Crippen molar-refractivity contribution in [3.63, 3.8) is 0 Å². The Morgan fingerprint density at radius 1 is 0.833 bits per heavy atom. The van der Waals surface area contributed by atoms with E-state index in [-0.39, 0.29) is 11.8 Å². The van der Waals surface area contributed by atoms with E-state index in [9.17, 15) is 9.59 Å². The molecular weight excluding hydrogens is 300 g/mol. The molecule has 0 fully saturated rings. The van der Waals surface area contributed by atoms with E-state index in [1.807, 2.05) is 64.1 Å². The maximum atomic E-state index is 13.1. The Hall–Kier alpha value is -2.62. The summed E-state index contributed by atoms with van der Waals surface area (Å²) in [6, 6.07) is 16.4. The molecule has 0 bridgehead atoms. The molecule has 0 aliphatic rings. The first-order valence-corrected chi connectivity index (χ1v) is 7.96. The van der Waals surface area contributed by atoms with E-state index in [2.05, 4.69) is 0 Å². The minimum Gasteiger partial charge on any atom is -0.267 e. The number of aryl methyl sites for hydroxylation is 1. The molecule has 0 saturated carbocycles. The fourth-order valence-corrected chi connectivity index (χ4v) is 2.68. The molecule has 2 aromatic carbocycles. The van der Waals surface area contributed by atoms with Crippen LogP contribution in [0.4, 0.5) is 0 Å². The molecule has 2 rings (SSSR count). The van der Waals surface area contributed by atoms with Gasteiger partial charge in [-0.25, -0.2) is 10.0 Å². The van der Waals surface area contributed by atoms with Crippen LogP contribution in [0.25, 0.3) is 0 Å². The third kappa shape index (κ3) is 3.65. The number of hydrazine groups is 1. The molecular formula is C20H24N2O2. The van der Waals surface area contributed by atoms with Gasteiger partial charge in [-0.2, -0.15) is 0 Å². The Labute approximate surface area is 143 Å². The molecule has 0 unspecified atom stereocenters. The number of nitrogens with zero attached hydrogens (tertiary/aromatic N) is 2. The van der Waals surface area contributed by atoms with E-state index >= 15 is 0 Å². The zero-order valence-corrected chi connectivity index (χ0v) is 14.9. The van der Waals surface area contributed by atoms with Crippen molar-refractivity contribution in [1.82, 2.24) is 10.0 Å². The summed E-state index contributed by atoms with van der Waals surface area (Å²) in [5.74, 6) is -0.403. The Morgan fingerprint density at radius 2 is 1.38 bits per heavy atom. The smallest absolute Gasteiger partial charge is 0.267 e. The lowest BCUT2D eigenvalue weighted by Crippen LogP contribution is -2.56. The fourth-order valence-electron chi connectivity index (χ4n) is 2.68. The summed E-state index contributed by atoms with van der Waals surface area (Å²) >= 11 is 0. The van der Waals surface area contributed by atoms with E-state index in [0.29, 0.717) is 11.1 Å². The average molecular weight is 324 g/mol. The summed E-state index contributed by atoms with van der Waals surface area (Å²) in [6.07, 6.45) is 0. The highest BCUT2D eigenvalue weighted by atomic mass is 16.2. The molecule has 0 heterocycles. The third-order valence-corrected chi connectivity index (χ3v) is 3.82. The van der Waals surface area contributed by atoms with Crippen molar-refractivity contribution in [2.75, 3.05) is 7.05 Å². The first-order valence-electron chi connectivity index (χ1n) is 7.96. The topological polar surface area (TPSA) is 40.6 Å². The Balaban J connectivity index is 2.41. The highest BCUT2D eigenvalue weighted by molar-refractivity contribution is 6.00. The minimum atomic E-state index is -0.543. The third-order valence-electron chi connectivity index (χ3n) is 3.82. The van der Waals surface area contributed by atoms with Gasteiger partial charge in [-0.05, 0) is 51.5 Å². The van der Waals surface area contributed by atoms with E-state index in [4.69, 9.17) is 0 Å². The van der Waals surface area contributed by atoms with Crippen LogP contribution in [0.15, 0.2) is 54.6 Å². The molecule has 4 nitrogen and oxygen atoms in total. The lowest BCUT2D eigenvalue weighted by molar-refractivity contribution is -0.0308. The lowest BCUT2D eigenvalue weighted by atomic mass is 10.0. The molecule has 0 saturated heterocycles. The lowest BCUT2D eigenvalue weighted by Gasteiger charge is -2.41. The van der Waals surface area contributed by atoms with Crippen molar-refractivity contribution in [3.05, 3.63) is 71.3 Å². The predicted octanol–water partition coefficient (Wildman–Crippen LogP) is 3.92. The van der Waals surface area contributed by atoms with Crippen LogP contribution >= 0.6 is 0 Å². The van der Waals surface area contributed by atoms with Gasteiger partial charge in [-0.15, -0.1) is 0 Å². The number of carbonyl (C=O) groups is 2. The number of carbonyl (C=O) groups excluding carboxylic acids is 2. The van der Waals surface area contributed by atoms with Crippen molar-refractivity contribution in [2.24, 2.45) is 0 Å². The van der Waals surface area contributed by atoms with Crippen molar-refractivity contribution in [1.29, 1.82) is 0 Å². The molecule has 0 spiro atoms. The first kappa shape index (κ1) is 17.7. The fraction of sp³-hybridized carbons (Fsp3) is 0.300. The van der Waals surface area contributed by atoms with Gasteiger partial charge >= 0.3 is 0 Å². The summed E-state index contributed by atoms with van der Waals surface area (Å²) in [6.45, 7) is 7.64. The average Bonchev–Trinajstić information content (AvgIpc) is 2.54. The van der Waals surface area contributed by atoms with Crippen LogP contribution in [0.2, 0.25) is 0 Å². The summed E-state index contributed by atoms with van der Waals surface area (Å²) < 4.78 is 0. The summed E-state index contributed by atoms with van der Waals surface area (Å²) in [5.41, 5.74) is 1.49. The molecule has 126 valence electrons. The highest BCUT2D eigenvalue weighted by Gasteiger charge is 2.34. The van der Waals surface area contributed by atoms with E-state index in [1.165, 1.54) is 10.0 Å². The molecule has 0 aromatic heterocycles. The van der Waals surface area contributed by atoms with Gasteiger partial charge in [-0.1, -0.05) is 36.4 Å². The number of rotatable bonds is 2. The molecule has 2 aromatic rings. The van der Waals surface area contributed by atoms with Crippen LogP contribution < -0.4 is 0 Å². The molecule has 2 amide bonds. The standard InChI is InChI=1S/C20H24N2O2/c1-15-11-9-10-14-17(15)19(24)22(20(2,3)4)21(5)18(23)16-12-7-6-8-13-16/h6-14H,1-5H3. The number of benzene rings is 2. The predicted molar refractivity (Wildman–Crippen MR) is 95.6 cm³/mol. The van der Waals surface area contributed by atoms with Crippen molar-refractivity contribution in [3.8, 4) is 0 Å². The molecule has 24 heavy (non-hydrogen) atoms. The zero-order chi connectivity index (χ0) is 17.9. The molecule has 0 N–H and O–H groups in total. The maximum absolute atomic E-state index is 13.1. The second-order valence-corrected chi connectivity index (χ2v) is 6.80. The SMILES string of the molecule is Cc1ccccc1C(=O)N(N(C)C(=O)c1ccccc1)C(C)(C)C. The van der Waals surface area contributed by atoms with Gasteiger partial charge in [0.2, 0.25) is 0 Å². The Bertz CT molecular complexity index is 733. The Morgan fingerprint density at radius 3 is 1.92 bits per heavy atom. The van der Waals surface area contributed by atoms with E-state index < -0.39 is 5.54 Å². The van der Waals surface area contributed by atoms with Gasteiger partial charge < -0.3 is 0 Å². The van der Waals surface area contributed by atoms with Crippen LogP contribution in [-0.4, -0.2) is 34.4 Å². The van der Waals surface area contributed by atoms with Gasteiger partial charge in [-0.3, -0.25) is 9.59 Å². The normalized spacial score (nSPS) is 11.0. The number of hydrogen-bond donors (Lipinski definition) is 0. The van der Waals surface area contributed by atoms with Crippen molar-refractivity contribution in [2.45, 2.75) is 33.2 Å². The molecule has 0 atom stereocenters.